The summed E-state index contributed by atoms with van der Waals surface area (Å²) in [6, 6.07) is 10.6. The number of hydrogen-bond donors (Lipinski definition) is 1. The van der Waals surface area contributed by atoms with E-state index in [2.05, 4.69) is 42.1 Å². The van der Waals surface area contributed by atoms with E-state index in [0.717, 1.165) is 25.1 Å². The van der Waals surface area contributed by atoms with Gasteiger partial charge in [0.15, 0.2) is 0 Å². The van der Waals surface area contributed by atoms with Crippen LogP contribution in [0.1, 0.15) is 24.5 Å². The smallest absolute Gasteiger partial charge is 0.119 e. The normalized spacial score (nSPS) is 12.4. The highest BCUT2D eigenvalue weighted by Gasteiger charge is 2.04. The summed E-state index contributed by atoms with van der Waals surface area (Å²) in [6.45, 7) is 2.98. The molecule has 1 aromatic heterocycles. The van der Waals surface area contributed by atoms with Crippen molar-refractivity contribution < 1.29 is 4.74 Å². The molecule has 0 aliphatic rings. The fraction of sp³-hybridized carbons (Fsp3) is 0.375. The topological polar surface area (TPSA) is 40.2 Å². The van der Waals surface area contributed by atoms with Crippen LogP contribution in [0, 0.1) is 0 Å². The van der Waals surface area contributed by atoms with E-state index in [1.165, 1.54) is 11.1 Å². The van der Waals surface area contributed by atoms with E-state index < -0.39 is 0 Å². The molecule has 19 heavy (non-hydrogen) atoms. The maximum absolute atomic E-state index is 5.98. The molecule has 1 atom stereocenters. The van der Waals surface area contributed by atoms with Crippen LogP contribution in [0.4, 0.5) is 0 Å². The first-order valence-corrected chi connectivity index (χ1v) is 6.74. The molecule has 0 fully saturated rings. The molecule has 0 aliphatic carbocycles. The number of benzene rings is 1. The molecule has 2 N–H and O–H groups in total. The van der Waals surface area contributed by atoms with Crippen molar-refractivity contribution in [1.29, 1.82) is 0 Å². The molecule has 2 aromatic rings. The van der Waals surface area contributed by atoms with Gasteiger partial charge in [-0.05, 0) is 42.2 Å². The monoisotopic (exact) mass is 258 g/mol. The van der Waals surface area contributed by atoms with Gasteiger partial charge in [0.25, 0.3) is 0 Å². The molecule has 0 bridgehead atoms. The third kappa shape index (κ3) is 3.86. The van der Waals surface area contributed by atoms with Crippen LogP contribution in [0.15, 0.2) is 42.7 Å². The molecule has 0 aliphatic heterocycles. The number of hydrogen-bond acceptors (Lipinski definition) is 2. The van der Waals surface area contributed by atoms with Gasteiger partial charge < -0.3 is 15.0 Å². The summed E-state index contributed by atoms with van der Waals surface area (Å²) in [5.74, 6) is 0.901. The molecule has 2 rings (SSSR count). The minimum atomic E-state index is 0.257. The van der Waals surface area contributed by atoms with Gasteiger partial charge in [0.05, 0.1) is 7.11 Å². The second kappa shape index (κ2) is 6.43. The van der Waals surface area contributed by atoms with E-state index in [9.17, 15) is 0 Å². The van der Waals surface area contributed by atoms with E-state index >= 15 is 0 Å². The van der Waals surface area contributed by atoms with Gasteiger partial charge >= 0.3 is 0 Å². The van der Waals surface area contributed by atoms with Crippen molar-refractivity contribution >= 4 is 0 Å². The predicted octanol–water partition coefficient (Wildman–Crippen LogP) is 2.82. The lowest BCUT2D eigenvalue weighted by Gasteiger charge is -2.07. The highest BCUT2D eigenvalue weighted by molar-refractivity contribution is 5.29. The maximum Gasteiger partial charge on any atom is 0.119 e. The van der Waals surface area contributed by atoms with Gasteiger partial charge in [0, 0.05) is 25.0 Å². The van der Waals surface area contributed by atoms with Crippen LogP contribution in [0.25, 0.3) is 0 Å². The molecule has 3 heteroatoms. The third-order valence-corrected chi connectivity index (χ3v) is 3.33. The van der Waals surface area contributed by atoms with Crippen molar-refractivity contribution in [1.82, 2.24) is 4.57 Å². The fourth-order valence-electron chi connectivity index (χ4n) is 2.14. The number of aromatic nitrogens is 1. The van der Waals surface area contributed by atoms with Crippen LogP contribution < -0.4 is 10.5 Å². The summed E-state index contributed by atoms with van der Waals surface area (Å²) in [6.07, 6.45) is 6.24. The molecular weight excluding hydrogens is 236 g/mol. The summed E-state index contributed by atoms with van der Waals surface area (Å²) in [7, 11) is 1.69. The number of rotatable bonds is 6. The van der Waals surface area contributed by atoms with Crippen LogP contribution in [-0.4, -0.2) is 17.7 Å². The van der Waals surface area contributed by atoms with Gasteiger partial charge in [0.1, 0.15) is 5.75 Å². The average Bonchev–Trinajstić information content (AvgIpc) is 2.86. The van der Waals surface area contributed by atoms with Crippen molar-refractivity contribution in [2.45, 2.75) is 32.4 Å². The molecule has 0 spiro atoms. The zero-order chi connectivity index (χ0) is 13.7. The summed E-state index contributed by atoms with van der Waals surface area (Å²) >= 11 is 0. The molecule has 3 nitrogen and oxygen atoms in total. The number of methoxy groups -OCH3 is 1. The molecule has 102 valence electrons. The molecule has 0 saturated heterocycles. The predicted molar refractivity (Wildman–Crippen MR) is 78.5 cm³/mol. The Labute approximate surface area is 115 Å². The first-order valence-electron chi connectivity index (χ1n) is 6.74. The standard InChI is InChI=1S/C16H22N2O/c1-3-15(17)9-14-7-8-18(12-14)11-13-5-4-6-16(10-13)19-2/h4-8,10,12,15H,3,9,11,17H2,1-2H3. The van der Waals surface area contributed by atoms with Crippen molar-refractivity contribution in [2.24, 2.45) is 5.73 Å². The molecule has 1 heterocycles. The second-order valence-electron chi connectivity index (χ2n) is 4.92. The Morgan fingerprint density at radius 1 is 1.26 bits per heavy atom. The van der Waals surface area contributed by atoms with Crippen LogP contribution in [0.3, 0.4) is 0 Å². The lowest BCUT2D eigenvalue weighted by Crippen LogP contribution is -2.21. The van der Waals surface area contributed by atoms with E-state index in [4.69, 9.17) is 10.5 Å². The Morgan fingerprint density at radius 3 is 2.84 bits per heavy atom. The zero-order valence-corrected chi connectivity index (χ0v) is 11.7. The van der Waals surface area contributed by atoms with Crippen molar-refractivity contribution in [3.8, 4) is 5.75 Å². The van der Waals surface area contributed by atoms with Gasteiger partial charge in [-0.1, -0.05) is 19.1 Å². The fourth-order valence-corrected chi connectivity index (χ4v) is 2.14. The van der Waals surface area contributed by atoms with Gasteiger partial charge in [-0.25, -0.2) is 0 Å². The van der Waals surface area contributed by atoms with E-state index in [0.29, 0.717) is 0 Å². The highest BCUT2D eigenvalue weighted by atomic mass is 16.5. The first-order chi connectivity index (χ1) is 9.21. The van der Waals surface area contributed by atoms with Crippen LogP contribution in [0.2, 0.25) is 0 Å². The Morgan fingerprint density at radius 2 is 2.11 bits per heavy atom. The summed E-state index contributed by atoms with van der Waals surface area (Å²) in [5, 5.41) is 0. The molecule has 0 radical (unpaired) electrons. The van der Waals surface area contributed by atoms with Gasteiger partial charge in [0.2, 0.25) is 0 Å². The summed E-state index contributed by atoms with van der Waals surface area (Å²) in [4.78, 5) is 0. The van der Waals surface area contributed by atoms with Crippen molar-refractivity contribution in [3.05, 3.63) is 53.9 Å². The largest absolute Gasteiger partial charge is 0.497 e. The molecule has 1 aromatic carbocycles. The number of nitrogens with two attached hydrogens (primary N) is 1. The Hall–Kier alpha value is -1.74. The van der Waals surface area contributed by atoms with E-state index in [1.54, 1.807) is 7.11 Å². The summed E-state index contributed by atoms with van der Waals surface area (Å²) in [5.41, 5.74) is 8.52. The minimum absolute atomic E-state index is 0.257. The SMILES string of the molecule is CCC(N)Cc1ccn(Cc2cccc(OC)c2)c1. The summed E-state index contributed by atoms with van der Waals surface area (Å²) < 4.78 is 7.43. The van der Waals surface area contributed by atoms with Crippen LogP contribution >= 0.6 is 0 Å². The number of ether oxygens (including phenoxy) is 1. The van der Waals surface area contributed by atoms with Gasteiger partial charge in [-0.15, -0.1) is 0 Å². The number of nitrogens with zero attached hydrogens (tertiary/aromatic N) is 1. The maximum atomic E-state index is 5.98. The average molecular weight is 258 g/mol. The minimum Gasteiger partial charge on any atom is -0.497 e. The molecule has 1 unspecified atom stereocenters. The third-order valence-electron chi connectivity index (χ3n) is 3.33. The molecule has 0 saturated carbocycles. The molecular formula is C16H22N2O. The van der Waals surface area contributed by atoms with Gasteiger partial charge in [-0.3, -0.25) is 0 Å². The first kappa shape index (κ1) is 13.7. The van der Waals surface area contributed by atoms with Crippen molar-refractivity contribution in [3.63, 3.8) is 0 Å². The van der Waals surface area contributed by atoms with Gasteiger partial charge in [-0.2, -0.15) is 0 Å². The Balaban J connectivity index is 2.02. The zero-order valence-electron chi connectivity index (χ0n) is 11.7. The lowest BCUT2D eigenvalue weighted by molar-refractivity contribution is 0.414. The van der Waals surface area contributed by atoms with E-state index in [-0.39, 0.29) is 6.04 Å². The highest BCUT2D eigenvalue weighted by Crippen LogP contribution is 2.14. The van der Waals surface area contributed by atoms with Crippen LogP contribution in [0.5, 0.6) is 5.75 Å². The molecule has 0 amide bonds. The Bertz CT molecular complexity index is 519. The van der Waals surface area contributed by atoms with E-state index in [1.807, 2.05) is 12.1 Å². The second-order valence-corrected chi connectivity index (χ2v) is 4.92. The van der Waals surface area contributed by atoms with Crippen LogP contribution in [-0.2, 0) is 13.0 Å². The lowest BCUT2D eigenvalue weighted by atomic mass is 10.1. The quantitative estimate of drug-likeness (QED) is 0.865. The Kier molecular flexibility index (Phi) is 4.63. The van der Waals surface area contributed by atoms with Crippen molar-refractivity contribution in [2.75, 3.05) is 7.11 Å².